The first-order chi connectivity index (χ1) is 11.9. The van der Waals surface area contributed by atoms with Crippen LogP contribution < -0.4 is 10.6 Å². The molecule has 0 radical (unpaired) electrons. The van der Waals surface area contributed by atoms with Crippen LogP contribution in [0.2, 0.25) is 0 Å². The number of carbonyl (C=O) groups is 3. The van der Waals surface area contributed by atoms with Gasteiger partial charge in [-0.15, -0.1) is 0 Å². The molecular weight excluding hydrogens is 344 g/mol. The van der Waals surface area contributed by atoms with Crippen LogP contribution >= 0.6 is 11.8 Å². The summed E-state index contributed by atoms with van der Waals surface area (Å²) < 4.78 is 4.92. The Morgan fingerprint density at radius 3 is 2.68 bits per heavy atom. The predicted molar refractivity (Wildman–Crippen MR) is 92.2 cm³/mol. The monoisotopic (exact) mass is 364 g/mol. The van der Waals surface area contributed by atoms with E-state index in [9.17, 15) is 19.6 Å². The quantitative estimate of drug-likeness (QED) is 0.558. The second-order valence-corrected chi connectivity index (χ2v) is 5.86. The van der Waals surface area contributed by atoms with Gasteiger partial charge in [0.15, 0.2) is 0 Å². The van der Waals surface area contributed by atoms with E-state index in [0.29, 0.717) is 17.3 Å². The summed E-state index contributed by atoms with van der Waals surface area (Å²) in [7, 11) is 0. The zero-order valence-electron chi connectivity index (χ0n) is 14.3. The number of hydrogen-bond donors (Lipinski definition) is 2. The lowest BCUT2D eigenvalue weighted by atomic mass is 10.1. The smallest absolute Gasteiger partial charge is 0.340 e. The van der Waals surface area contributed by atoms with Crippen LogP contribution in [-0.4, -0.2) is 41.8 Å². The van der Waals surface area contributed by atoms with Crippen LogP contribution in [0.4, 0.5) is 4.79 Å². The average molecular weight is 364 g/mol. The van der Waals surface area contributed by atoms with Crippen LogP contribution in [0.1, 0.15) is 41.9 Å². The fourth-order valence-electron chi connectivity index (χ4n) is 1.77. The topological polar surface area (TPSA) is 121 Å². The highest BCUT2D eigenvalue weighted by Crippen LogP contribution is 2.23. The van der Waals surface area contributed by atoms with E-state index in [1.165, 1.54) is 6.07 Å². The van der Waals surface area contributed by atoms with E-state index in [1.807, 2.05) is 13.0 Å². The van der Waals surface area contributed by atoms with Gasteiger partial charge in [0.1, 0.15) is 11.1 Å². The van der Waals surface area contributed by atoms with E-state index in [-0.39, 0.29) is 23.5 Å². The van der Waals surface area contributed by atoms with Crippen molar-refractivity contribution in [3.05, 3.63) is 22.9 Å². The Kier molecular flexibility index (Phi) is 8.43. The Morgan fingerprint density at radius 1 is 1.36 bits per heavy atom. The van der Waals surface area contributed by atoms with Crippen molar-refractivity contribution >= 4 is 29.7 Å². The van der Waals surface area contributed by atoms with Gasteiger partial charge >= 0.3 is 12.0 Å². The number of carbonyl (C=O) groups excluding carboxylic acids is 3. The summed E-state index contributed by atoms with van der Waals surface area (Å²) in [4.78, 5) is 39.2. The molecule has 1 aromatic rings. The molecular formula is C16H20N4O4S. The Bertz CT molecular complexity index is 700. The summed E-state index contributed by atoms with van der Waals surface area (Å²) in [5.74, 6) is -1.14. The molecule has 0 spiro atoms. The second-order valence-electron chi connectivity index (χ2n) is 4.90. The Morgan fingerprint density at radius 2 is 2.08 bits per heavy atom. The molecule has 0 fully saturated rings. The van der Waals surface area contributed by atoms with Gasteiger partial charge in [0.2, 0.25) is 5.91 Å². The lowest BCUT2D eigenvalue weighted by Gasteiger charge is -2.09. The fraction of sp³-hybridized carbons (Fsp3) is 0.438. The maximum absolute atomic E-state index is 11.8. The first-order valence-corrected chi connectivity index (χ1v) is 8.70. The van der Waals surface area contributed by atoms with Crippen molar-refractivity contribution in [3.63, 3.8) is 0 Å². The molecule has 2 N–H and O–H groups in total. The highest BCUT2D eigenvalue weighted by molar-refractivity contribution is 8.00. The molecule has 0 saturated heterocycles. The lowest BCUT2D eigenvalue weighted by molar-refractivity contribution is -0.117. The van der Waals surface area contributed by atoms with Gasteiger partial charge in [-0.05, 0) is 26.3 Å². The number of urea groups is 1. The van der Waals surface area contributed by atoms with E-state index in [4.69, 9.17) is 4.74 Å². The molecule has 25 heavy (non-hydrogen) atoms. The van der Waals surface area contributed by atoms with Gasteiger partial charge in [0.05, 0.1) is 29.2 Å². The van der Waals surface area contributed by atoms with Gasteiger partial charge in [0.25, 0.3) is 0 Å². The molecule has 0 aliphatic carbocycles. The second kappa shape index (κ2) is 10.3. The molecule has 3 amide bonds. The van der Waals surface area contributed by atoms with Gasteiger partial charge < -0.3 is 10.1 Å². The fourth-order valence-corrected chi connectivity index (χ4v) is 2.57. The minimum absolute atomic E-state index is 0.0839. The number of esters is 1. The number of nitrogens with one attached hydrogen (secondary N) is 2. The zero-order valence-corrected chi connectivity index (χ0v) is 15.2. The third-order valence-corrected chi connectivity index (χ3v) is 3.91. The number of hydrogen-bond acceptors (Lipinski definition) is 7. The Labute approximate surface area is 150 Å². The molecule has 0 aliphatic heterocycles. The van der Waals surface area contributed by atoms with Crippen LogP contribution in [0.5, 0.6) is 0 Å². The van der Waals surface area contributed by atoms with Gasteiger partial charge in [-0.1, -0.05) is 18.7 Å². The number of aryl methyl sites for hydroxylation is 1. The number of nitriles is 1. The average Bonchev–Trinajstić information content (AvgIpc) is 2.58. The van der Waals surface area contributed by atoms with E-state index < -0.39 is 17.9 Å². The van der Waals surface area contributed by atoms with Crippen molar-refractivity contribution in [2.75, 3.05) is 18.9 Å². The molecule has 1 heterocycles. The molecule has 0 bridgehead atoms. The van der Waals surface area contributed by atoms with Crippen molar-refractivity contribution in [2.45, 2.75) is 32.2 Å². The van der Waals surface area contributed by atoms with Crippen LogP contribution in [0.3, 0.4) is 0 Å². The van der Waals surface area contributed by atoms with Gasteiger partial charge in [-0.2, -0.15) is 5.26 Å². The maximum Gasteiger partial charge on any atom is 0.340 e. The first-order valence-electron chi connectivity index (χ1n) is 7.72. The SMILES string of the molecule is CCCNC(=O)NC(=O)CSc1nc(C)c(C(=O)OCC)cc1C#N. The highest BCUT2D eigenvalue weighted by Gasteiger charge is 2.17. The Balaban J connectivity index is 2.77. The Hall–Kier alpha value is -2.60. The predicted octanol–water partition coefficient (Wildman–Crippen LogP) is 1.77. The van der Waals surface area contributed by atoms with E-state index >= 15 is 0 Å². The first kappa shape index (κ1) is 20.4. The molecule has 8 nitrogen and oxygen atoms in total. The van der Waals surface area contributed by atoms with Crippen molar-refractivity contribution in [2.24, 2.45) is 0 Å². The van der Waals surface area contributed by atoms with Crippen LogP contribution in [0.25, 0.3) is 0 Å². The minimum atomic E-state index is -0.560. The number of imide groups is 1. The molecule has 1 rings (SSSR count). The summed E-state index contributed by atoms with van der Waals surface area (Å²) in [6.45, 7) is 5.90. The minimum Gasteiger partial charge on any atom is -0.462 e. The van der Waals surface area contributed by atoms with Crippen LogP contribution in [-0.2, 0) is 9.53 Å². The molecule has 9 heteroatoms. The van der Waals surface area contributed by atoms with Crippen LogP contribution in [0, 0.1) is 18.3 Å². The largest absolute Gasteiger partial charge is 0.462 e. The van der Waals surface area contributed by atoms with Gasteiger partial charge in [-0.25, -0.2) is 14.6 Å². The van der Waals surface area contributed by atoms with E-state index in [2.05, 4.69) is 15.6 Å². The van der Waals surface area contributed by atoms with Crippen LogP contribution in [0.15, 0.2) is 11.1 Å². The highest BCUT2D eigenvalue weighted by atomic mass is 32.2. The third-order valence-electron chi connectivity index (χ3n) is 2.92. The molecule has 0 saturated carbocycles. The van der Waals surface area contributed by atoms with Crippen molar-refractivity contribution in [3.8, 4) is 6.07 Å². The summed E-state index contributed by atoms with van der Waals surface area (Å²) in [6.07, 6.45) is 0.762. The molecule has 1 aromatic heterocycles. The zero-order chi connectivity index (χ0) is 18.8. The number of thioether (sulfide) groups is 1. The van der Waals surface area contributed by atoms with Gasteiger partial charge in [-0.3, -0.25) is 10.1 Å². The maximum atomic E-state index is 11.8. The standard InChI is InChI=1S/C16H20N4O4S/c1-4-6-18-16(23)20-13(21)9-25-14-11(8-17)7-12(10(3)19-14)15(22)24-5-2/h7H,4-6,9H2,1-3H3,(H2,18,20,21,23). The molecule has 0 aliphatic rings. The molecule has 134 valence electrons. The van der Waals surface area contributed by atoms with Crippen molar-refractivity contribution in [1.29, 1.82) is 5.26 Å². The molecule has 0 unspecified atom stereocenters. The summed E-state index contributed by atoms with van der Waals surface area (Å²) in [6, 6.07) is 2.79. The number of pyridine rings is 1. The van der Waals surface area contributed by atoms with Crippen molar-refractivity contribution < 1.29 is 19.1 Å². The molecule has 0 atom stereocenters. The summed E-state index contributed by atoms with van der Waals surface area (Å²) >= 11 is 1.02. The summed E-state index contributed by atoms with van der Waals surface area (Å²) in [5, 5.41) is 14.3. The third kappa shape index (κ3) is 6.43. The number of ether oxygens (including phenoxy) is 1. The number of rotatable bonds is 7. The van der Waals surface area contributed by atoms with Crippen molar-refractivity contribution in [1.82, 2.24) is 15.6 Å². The normalized spacial score (nSPS) is 9.84. The number of aromatic nitrogens is 1. The van der Waals surface area contributed by atoms with E-state index in [1.54, 1.807) is 13.8 Å². The van der Waals surface area contributed by atoms with Gasteiger partial charge in [0, 0.05) is 6.54 Å². The van der Waals surface area contributed by atoms with E-state index in [0.717, 1.165) is 18.2 Å². The molecule has 0 aromatic carbocycles. The number of nitrogens with zero attached hydrogens (tertiary/aromatic N) is 2. The number of amides is 3. The summed E-state index contributed by atoms with van der Waals surface area (Å²) in [5.41, 5.74) is 0.786. The lowest BCUT2D eigenvalue weighted by Crippen LogP contribution is -2.40.